The van der Waals surface area contributed by atoms with E-state index in [4.69, 9.17) is 5.73 Å². The highest BCUT2D eigenvalue weighted by Crippen LogP contribution is 2.39. The Kier molecular flexibility index (Phi) is 5.45. The van der Waals surface area contributed by atoms with Crippen LogP contribution < -0.4 is 16.4 Å². The van der Waals surface area contributed by atoms with Gasteiger partial charge in [-0.15, -0.1) is 0 Å². The van der Waals surface area contributed by atoms with Crippen LogP contribution in [0.4, 0.5) is 24.7 Å². The molecule has 1 aliphatic carbocycles. The minimum absolute atomic E-state index is 0.0815. The Balaban J connectivity index is 1.31. The van der Waals surface area contributed by atoms with Gasteiger partial charge in [0.25, 0.3) is 11.8 Å². The molecule has 8 nitrogen and oxygen atoms in total. The van der Waals surface area contributed by atoms with Crippen molar-refractivity contribution in [3.8, 4) is 17.1 Å². The molecule has 0 spiro atoms. The van der Waals surface area contributed by atoms with Crippen LogP contribution in [0.1, 0.15) is 45.9 Å². The Labute approximate surface area is 209 Å². The van der Waals surface area contributed by atoms with Gasteiger partial charge < -0.3 is 20.9 Å². The summed E-state index contributed by atoms with van der Waals surface area (Å²) in [5.41, 5.74) is 7.98. The molecule has 2 aliphatic rings. The zero-order chi connectivity index (χ0) is 25.7. The molecule has 2 aromatic carbocycles. The van der Waals surface area contributed by atoms with Crippen molar-refractivity contribution < 1.29 is 18.0 Å². The molecule has 1 saturated carbocycles. The van der Waals surface area contributed by atoms with Gasteiger partial charge in [0.1, 0.15) is 11.6 Å². The van der Waals surface area contributed by atoms with Gasteiger partial charge in [-0.25, -0.2) is 19.3 Å². The average molecular weight is 506 g/mol. The van der Waals surface area contributed by atoms with E-state index in [1.807, 2.05) is 6.20 Å². The Morgan fingerprint density at radius 3 is 2.76 bits per heavy atom. The molecule has 1 fully saturated rings. The zero-order valence-electron chi connectivity index (χ0n) is 19.5. The van der Waals surface area contributed by atoms with Gasteiger partial charge in [-0.05, 0) is 49.2 Å². The van der Waals surface area contributed by atoms with Crippen LogP contribution >= 0.6 is 0 Å². The lowest BCUT2D eigenvalue weighted by Gasteiger charge is -2.26. The third kappa shape index (κ3) is 4.31. The molecule has 4 N–H and O–H groups in total. The number of anilines is 2. The molecule has 37 heavy (non-hydrogen) atoms. The smallest absolute Gasteiger partial charge is 0.291 e. The molecular weight excluding hydrogens is 483 g/mol. The molecule has 1 aliphatic heterocycles. The fourth-order valence-electron chi connectivity index (χ4n) is 4.36. The second-order valence-electron chi connectivity index (χ2n) is 9.19. The van der Waals surface area contributed by atoms with Crippen LogP contribution in [0.2, 0.25) is 0 Å². The molecule has 11 heteroatoms. The van der Waals surface area contributed by atoms with Crippen LogP contribution in [-0.4, -0.2) is 32.0 Å². The highest BCUT2D eigenvalue weighted by Gasteiger charge is 2.40. The number of fused-ring (bicyclic) bond motifs is 1. The van der Waals surface area contributed by atoms with Gasteiger partial charge in [-0.1, -0.05) is 0 Å². The summed E-state index contributed by atoms with van der Waals surface area (Å²) in [6.07, 6.45) is 7.17. The molecule has 0 radical (unpaired) electrons. The quantitative estimate of drug-likeness (QED) is 0.359. The highest BCUT2D eigenvalue weighted by atomic mass is 19.3. The molecule has 2 aromatic heterocycles. The normalized spacial score (nSPS) is 16.3. The maximum absolute atomic E-state index is 15.1. The topological polar surface area (TPSA) is 111 Å². The molecule has 6 rings (SSSR count). The van der Waals surface area contributed by atoms with Crippen LogP contribution in [0.15, 0.2) is 55.1 Å². The van der Waals surface area contributed by atoms with Crippen LogP contribution in [-0.2, 0) is 12.5 Å². The minimum atomic E-state index is -3.21. The molecular formula is C26H22F3N7O. The molecule has 1 amide bonds. The summed E-state index contributed by atoms with van der Waals surface area (Å²) in [7, 11) is 0. The van der Waals surface area contributed by atoms with E-state index >= 15 is 4.39 Å². The Hall–Kier alpha value is -4.25. The summed E-state index contributed by atoms with van der Waals surface area (Å²) in [6, 6.07) is 8.75. The van der Waals surface area contributed by atoms with Crippen molar-refractivity contribution in [3.63, 3.8) is 0 Å². The van der Waals surface area contributed by atoms with Gasteiger partial charge in [0, 0.05) is 52.8 Å². The molecule has 0 unspecified atom stereocenters. The molecule has 0 atom stereocenters. The lowest BCUT2D eigenvalue weighted by molar-refractivity contribution is -0.00832. The second-order valence-corrected chi connectivity index (χ2v) is 9.19. The minimum Gasteiger partial charge on any atom is -0.346 e. The van der Waals surface area contributed by atoms with Gasteiger partial charge in [-0.3, -0.25) is 4.79 Å². The Morgan fingerprint density at radius 2 is 2.00 bits per heavy atom. The maximum atomic E-state index is 15.1. The molecule has 3 heterocycles. The average Bonchev–Trinajstić information content (AvgIpc) is 3.63. The van der Waals surface area contributed by atoms with Crippen molar-refractivity contribution in [3.05, 3.63) is 83.3 Å². The van der Waals surface area contributed by atoms with Gasteiger partial charge in [-0.2, -0.15) is 8.78 Å². The van der Waals surface area contributed by atoms with Crippen LogP contribution in [0.3, 0.4) is 0 Å². The Bertz CT molecular complexity index is 1530. The number of aromatic nitrogens is 4. The number of hydrogen-bond donors (Lipinski definition) is 3. The summed E-state index contributed by atoms with van der Waals surface area (Å²) >= 11 is 0. The van der Waals surface area contributed by atoms with E-state index in [9.17, 15) is 13.6 Å². The first-order chi connectivity index (χ1) is 17.8. The summed E-state index contributed by atoms with van der Waals surface area (Å²) < 4.78 is 45.6. The monoisotopic (exact) mass is 505 g/mol. The standard InChI is InChI=1S/C26H22F3N7O/c27-20-7-15(3-6-22(20)36-11-21(33-13-36)14-1-2-14)23-31-10-16(9-30)24(35-23)34-17-4-5-18-19(8-17)26(28,29)12-32-25(18)37/h3-8,10-11,13-14H,1-2,9,12,30H2,(H,32,37)(H,31,34,35). The number of carbonyl (C=O) groups is 1. The number of nitrogens with two attached hydrogens (primary N) is 1. The van der Waals surface area contributed by atoms with E-state index in [1.54, 1.807) is 23.0 Å². The first-order valence-corrected chi connectivity index (χ1v) is 11.8. The van der Waals surface area contributed by atoms with Crippen molar-refractivity contribution in [1.82, 2.24) is 24.8 Å². The number of carbonyl (C=O) groups excluding carboxylic acids is 1. The summed E-state index contributed by atoms with van der Waals surface area (Å²) in [5, 5.41) is 5.19. The Morgan fingerprint density at radius 1 is 1.16 bits per heavy atom. The van der Waals surface area contributed by atoms with Crippen molar-refractivity contribution in [2.24, 2.45) is 5.73 Å². The number of nitrogens with one attached hydrogen (secondary N) is 2. The summed E-state index contributed by atoms with van der Waals surface area (Å²) in [5.74, 6) is -3.23. The van der Waals surface area contributed by atoms with E-state index in [0.29, 0.717) is 34.2 Å². The lowest BCUT2D eigenvalue weighted by Crippen LogP contribution is -2.41. The SMILES string of the molecule is NCc1cnc(-c2ccc(-n3cnc(C4CC4)c3)c(F)c2)nc1Nc1ccc2c(c1)C(F)(F)CNC2=O. The van der Waals surface area contributed by atoms with E-state index in [1.165, 1.54) is 30.5 Å². The number of halogens is 3. The van der Waals surface area contributed by atoms with E-state index in [-0.39, 0.29) is 23.5 Å². The fourth-order valence-corrected chi connectivity index (χ4v) is 4.36. The predicted octanol–water partition coefficient (Wildman–Crippen LogP) is 4.38. The molecule has 0 bridgehead atoms. The van der Waals surface area contributed by atoms with Gasteiger partial charge in [0.2, 0.25) is 0 Å². The number of alkyl halides is 2. The molecule has 188 valence electrons. The van der Waals surface area contributed by atoms with Crippen molar-refractivity contribution in [2.75, 3.05) is 11.9 Å². The predicted molar refractivity (Wildman–Crippen MR) is 130 cm³/mol. The lowest BCUT2D eigenvalue weighted by atomic mass is 9.96. The van der Waals surface area contributed by atoms with Crippen molar-refractivity contribution in [1.29, 1.82) is 0 Å². The summed E-state index contributed by atoms with van der Waals surface area (Å²) in [4.78, 5) is 25.2. The van der Waals surface area contributed by atoms with Crippen molar-refractivity contribution >= 4 is 17.4 Å². The van der Waals surface area contributed by atoms with E-state index in [0.717, 1.165) is 18.5 Å². The summed E-state index contributed by atoms with van der Waals surface area (Å²) in [6.45, 7) is -0.681. The first-order valence-electron chi connectivity index (χ1n) is 11.8. The van der Waals surface area contributed by atoms with E-state index in [2.05, 4.69) is 25.6 Å². The number of hydrogen-bond acceptors (Lipinski definition) is 6. The van der Waals surface area contributed by atoms with Gasteiger partial charge in [0.05, 0.1) is 24.3 Å². The number of nitrogens with zero attached hydrogens (tertiary/aromatic N) is 4. The molecule has 4 aromatic rings. The zero-order valence-corrected chi connectivity index (χ0v) is 19.5. The van der Waals surface area contributed by atoms with Crippen molar-refractivity contribution in [2.45, 2.75) is 31.2 Å². The fraction of sp³-hybridized carbons (Fsp3) is 0.231. The van der Waals surface area contributed by atoms with Crippen LogP contribution in [0.25, 0.3) is 17.1 Å². The number of benzene rings is 2. The van der Waals surface area contributed by atoms with Gasteiger partial charge >= 0.3 is 0 Å². The molecule has 0 saturated heterocycles. The number of rotatable bonds is 6. The van der Waals surface area contributed by atoms with E-state index < -0.39 is 24.2 Å². The second kappa shape index (κ2) is 8.70. The largest absolute Gasteiger partial charge is 0.346 e. The maximum Gasteiger partial charge on any atom is 0.291 e. The van der Waals surface area contributed by atoms with Gasteiger partial charge in [0.15, 0.2) is 5.82 Å². The number of amides is 1. The third-order valence-corrected chi connectivity index (χ3v) is 6.56. The highest BCUT2D eigenvalue weighted by molar-refractivity contribution is 5.97. The third-order valence-electron chi connectivity index (χ3n) is 6.56. The van der Waals surface area contributed by atoms with Crippen LogP contribution in [0, 0.1) is 5.82 Å². The first kappa shape index (κ1) is 23.2. The van der Waals surface area contributed by atoms with Crippen LogP contribution in [0.5, 0.6) is 0 Å². The number of imidazole rings is 1.